The maximum absolute atomic E-state index is 12.3. The molecular weight excluding hydrogens is 352 g/mol. The molecule has 2 fully saturated rings. The zero-order valence-corrected chi connectivity index (χ0v) is 15.1. The number of aliphatic hydroxyl groups excluding tert-OH is 2. The summed E-state index contributed by atoms with van der Waals surface area (Å²) in [6.07, 6.45) is 1.44. The average molecular weight is 376 g/mol. The van der Waals surface area contributed by atoms with Gasteiger partial charge in [0.2, 0.25) is 0 Å². The van der Waals surface area contributed by atoms with Gasteiger partial charge in [0.05, 0.1) is 18.2 Å². The predicted octanol–water partition coefficient (Wildman–Crippen LogP) is 0.381. The monoisotopic (exact) mass is 376 g/mol. The number of hydrogen-bond acceptors (Lipinski definition) is 8. The van der Waals surface area contributed by atoms with Crippen molar-refractivity contribution in [1.29, 1.82) is 0 Å². The number of hydrogen-bond donors (Lipinski definition) is 3. The number of carbonyl (C=O) groups excluding carboxylic acids is 1. The molecule has 27 heavy (non-hydrogen) atoms. The Labute approximate surface area is 156 Å². The van der Waals surface area contributed by atoms with Gasteiger partial charge >= 0.3 is 5.97 Å². The molecule has 4 rings (SSSR count). The number of aliphatic hydroxyl groups is 2. The lowest BCUT2D eigenvalue weighted by Gasteiger charge is -2.44. The summed E-state index contributed by atoms with van der Waals surface area (Å²) in [7, 11) is 0. The topological polar surface area (TPSA) is 132 Å². The summed E-state index contributed by atoms with van der Waals surface area (Å²) in [5.74, 6) is -0.157. The van der Waals surface area contributed by atoms with Crippen LogP contribution in [0.2, 0.25) is 0 Å². The van der Waals surface area contributed by atoms with Crippen molar-refractivity contribution in [3.05, 3.63) is 24.2 Å². The first-order valence-electron chi connectivity index (χ1n) is 9.21. The van der Waals surface area contributed by atoms with Gasteiger partial charge in [-0.1, -0.05) is 12.8 Å². The quantitative estimate of drug-likeness (QED) is 0.655. The van der Waals surface area contributed by atoms with Crippen molar-refractivity contribution in [2.24, 2.45) is 5.92 Å². The second kappa shape index (κ2) is 6.74. The number of nitrogens with zero attached hydrogens (tertiary/aromatic N) is 3. The second-order valence-corrected chi connectivity index (χ2v) is 7.47. The van der Waals surface area contributed by atoms with Crippen LogP contribution in [0.15, 0.2) is 18.5 Å². The van der Waals surface area contributed by atoms with Crippen molar-refractivity contribution in [3.63, 3.8) is 0 Å². The van der Waals surface area contributed by atoms with E-state index in [0.717, 1.165) is 25.7 Å². The van der Waals surface area contributed by atoms with E-state index in [9.17, 15) is 15.0 Å². The summed E-state index contributed by atoms with van der Waals surface area (Å²) in [6.45, 7) is 1.64. The van der Waals surface area contributed by atoms with Gasteiger partial charge < -0.3 is 25.4 Å². The Morgan fingerprint density at radius 3 is 2.85 bits per heavy atom. The maximum Gasteiger partial charge on any atom is 0.309 e. The van der Waals surface area contributed by atoms with Crippen molar-refractivity contribution >= 4 is 17.3 Å². The number of nitrogen functional groups attached to an aromatic ring is 1. The van der Waals surface area contributed by atoms with Crippen molar-refractivity contribution in [2.45, 2.75) is 56.5 Å². The SMILES string of the molecule is C[C@@]1(c2ccc3c(N)ncnn23)OC[C@H](OC(=O)C2CCCC2)C(O)[C@H]1O. The van der Waals surface area contributed by atoms with Crippen molar-refractivity contribution in [2.75, 3.05) is 12.3 Å². The van der Waals surface area contributed by atoms with E-state index in [0.29, 0.717) is 17.0 Å². The molecule has 146 valence electrons. The molecule has 2 aromatic heterocycles. The minimum absolute atomic E-state index is 0.0268. The molecule has 2 aromatic rings. The number of esters is 1. The van der Waals surface area contributed by atoms with Gasteiger partial charge in [-0.05, 0) is 31.9 Å². The zero-order valence-electron chi connectivity index (χ0n) is 15.1. The van der Waals surface area contributed by atoms with Crippen LogP contribution in [0.25, 0.3) is 5.52 Å². The number of ether oxygens (including phenoxy) is 2. The van der Waals surface area contributed by atoms with Crippen LogP contribution in [0.1, 0.15) is 38.3 Å². The van der Waals surface area contributed by atoms with Crippen LogP contribution >= 0.6 is 0 Å². The summed E-state index contributed by atoms with van der Waals surface area (Å²) in [5, 5.41) is 25.6. The van der Waals surface area contributed by atoms with Crippen LogP contribution < -0.4 is 5.73 Å². The number of aromatic nitrogens is 3. The molecule has 9 heteroatoms. The van der Waals surface area contributed by atoms with Gasteiger partial charge in [-0.15, -0.1) is 0 Å². The molecule has 1 unspecified atom stereocenters. The molecule has 0 aromatic carbocycles. The van der Waals surface area contributed by atoms with Crippen molar-refractivity contribution < 1.29 is 24.5 Å². The predicted molar refractivity (Wildman–Crippen MR) is 94.6 cm³/mol. The molecule has 4 atom stereocenters. The normalized spacial score (nSPS) is 32.0. The van der Waals surface area contributed by atoms with Crippen molar-refractivity contribution in [3.8, 4) is 0 Å². The Morgan fingerprint density at radius 2 is 2.11 bits per heavy atom. The summed E-state index contributed by atoms with van der Waals surface area (Å²) in [5.41, 5.74) is 5.72. The lowest BCUT2D eigenvalue weighted by Crippen LogP contribution is -2.59. The Morgan fingerprint density at radius 1 is 1.37 bits per heavy atom. The largest absolute Gasteiger partial charge is 0.457 e. The third kappa shape index (κ3) is 2.95. The molecule has 2 aliphatic rings. The Balaban J connectivity index is 1.55. The Hall–Kier alpha value is -2.23. The highest BCUT2D eigenvalue weighted by Gasteiger charge is 2.51. The van der Waals surface area contributed by atoms with Gasteiger partial charge in [-0.2, -0.15) is 5.10 Å². The highest BCUT2D eigenvalue weighted by atomic mass is 16.6. The molecule has 3 heterocycles. The van der Waals surface area contributed by atoms with E-state index in [-0.39, 0.29) is 18.5 Å². The van der Waals surface area contributed by atoms with Crippen LogP contribution in [0.5, 0.6) is 0 Å². The van der Waals surface area contributed by atoms with Gasteiger partial charge in [0.25, 0.3) is 0 Å². The molecule has 1 aliphatic heterocycles. The Kier molecular flexibility index (Phi) is 4.53. The number of nitrogens with two attached hydrogens (primary N) is 1. The van der Waals surface area contributed by atoms with E-state index in [1.807, 2.05) is 0 Å². The second-order valence-electron chi connectivity index (χ2n) is 7.47. The maximum atomic E-state index is 12.3. The van der Waals surface area contributed by atoms with Gasteiger partial charge in [0, 0.05) is 0 Å². The van der Waals surface area contributed by atoms with E-state index in [4.69, 9.17) is 15.2 Å². The van der Waals surface area contributed by atoms with Crippen LogP contribution in [0.3, 0.4) is 0 Å². The molecule has 0 amide bonds. The van der Waals surface area contributed by atoms with Crippen LogP contribution in [-0.4, -0.2) is 55.7 Å². The number of rotatable bonds is 3. The fraction of sp³-hybridized carbons (Fsp3) is 0.611. The third-order valence-corrected chi connectivity index (χ3v) is 5.76. The molecular formula is C18H24N4O5. The Bertz CT molecular complexity index is 849. The molecule has 4 N–H and O–H groups in total. The van der Waals surface area contributed by atoms with E-state index in [1.54, 1.807) is 19.1 Å². The highest BCUT2D eigenvalue weighted by Crippen LogP contribution is 2.37. The molecule has 9 nitrogen and oxygen atoms in total. The first-order chi connectivity index (χ1) is 12.9. The smallest absolute Gasteiger partial charge is 0.309 e. The first kappa shape index (κ1) is 18.1. The highest BCUT2D eigenvalue weighted by molar-refractivity contribution is 5.73. The summed E-state index contributed by atoms with van der Waals surface area (Å²) in [6, 6.07) is 3.45. The fourth-order valence-corrected chi connectivity index (χ4v) is 4.03. The summed E-state index contributed by atoms with van der Waals surface area (Å²) < 4.78 is 12.9. The zero-order chi connectivity index (χ0) is 19.2. The van der Waals surface area contributed by atoms with Crippen LogP contribution in [0, 0.1) is 5.92 Å². The van der Waals surface area contributed by atoms with Crippen LogP contribution in [0.4, 0.5) is 5.82 Å². The third-order valence-electron chi connectivity index (χ3n) is 5.76. The van der Waals surface area contributed by atoms with E-state index in [1.165, 1.54) is 10.8 Å². The lowest BCUT2D eigenvalue weighted by molar-refractivity contribution is -0.245. The minimum Gasteiger partial charge on any atom is -0.457 e. The van der Waals surface area contributed by atoms with E-state index in [2.05, 4.69) is 10.1 Å². The number of carbonyl (C=O) groups is 1. The molecule has 0 radical (unpaired) electrons. The molecule has 0 spiro atoms. The lowest BCUT2D eigenvalue weighted by atomic mass is 9.86. The molecule has 1 saturated heterocycles. The first-order valence-corrected chi connectivity index (χ1v) is 9.21. The van der Waals surface area contributed by atoms with E-state index >= 15 is 0 Å². The van der Waals surface area contributed by atoms with Gasteiger partial charge in [0.15, 0.2) is 11.9 Å². The van der Waals surface area contributed by atoms with Gasteiger partial charge in [0.1, 0.15) is 29.7 Å². The summed E-state index contributed by atoms with van der Waals surface area (Å²) >= 11 is 0. The number of anilines is 1. The molecule has 1 aliphatic carbocycles. The molecule has 1 saturated carbocycles. The van der Waals surface area contributed by atoms with Crippen molar-refractivity contribution in [1.82, 2.24) is 14.6 Å². The fourth-order valence-electron chi connectivity index (χ4n) is 4.03. The van der Waals surface area contributed by atoms with Crippen LogP contribution in [-0.2, 0) is 19.9 Å². The standard InChI is InChI=1S/C18H24N4O5/c1-18(13-7-6-11-16(19)20-9-21-22(11)13)15(24)14(23)12(8-26-18)27-17(25)10-4-2-3-5-10/h6-7,9-10,12,14-15,23-24H,2-5,8H2,1H3,(H2,19,20,21)/t12-,14?,15+,18-/m0/s1. The average Bonchev–Trinajstić information content (AvgIpc) is 3.33. The minimum atomic E-state index is -1.32. The van der Waals surface area contributed by atoms with E-state index < -0.39 is 23.9 Å². The molecule has 0 bridgehead atoms. The summed E-state index contributed by atoms with van der Waals surface area (Å²) in [4.78, 5) is 16.2. The number of fused-ring (bicyclic) bond motifs is 1. The van der Waals surface area contributed by atoms with Gasteiger partial charge in [-0.25, -0.2) is 9.50 Å². The van der Waals surface area contributed by atoms with Gasteiger partial charge in [-0.3, -0.25) is 4.79 Å².